The van der Waals surface area contributed by atoms with Gasteiger partial charge in [0.1, 0.15) is 0 Å². The summed E-state index contributed by atoms with van der Waals surface area (Å²) in [5, 5.41) is 8.27. The molecule has 0 fully saturated rings. The van der Waals surface area contributed by atoms with E-state index in [9.17, 15) is 9.59 Å². The molecule has 0 saturated carbocycles. The minimum absolute atomic E-state index is 0.111. The number of hydrogen-bond donors (Lipinski definition) is 2. The van der Waals surface area contributed by atoms with E-state index in [4.69, 9.17) is 0 Å². The second-order valence-electron chi connectivity index (χ2n) is 7.59. The Morgan fingerprint density at radius 1 is 0.900 bits per heavy atom. The Hall–Kier alpha value is -3.18. The van der Waals surface area contributed by atoms with E-state index in [0.29, 0.717) is 0 Å². The summed E-state index contributed by atoms with van der Waals surface area (Å²) in [4.78, 5) is 26.6. The maximum Gasteiger partial charge on any atom is 0.238 e. The highest BCUT2D eigenvalue weighted by Gasteiger charge is 2.15. The average Bonchev–Trinajstić information content (AvgIpc) is 2.73. The molecule has 0 heterocycles. The van der Waals surface area contributed by atoms with Gasteiger partial charge in [-0.15, -0.1) is 0 Å². The van der Waals surface area contributed by atoms with Gasteiger partial charge in [-0.1, -0.05) is 67.6 Å². The highest BCUT2D eigenvalue weighted by molar-refractivity contribution is 5.93. The Labute approximate surface area is 178 Å². The van der Waals surface area contributed by atoms with E-state index in [0.717, 1.165) is 34.0 Å². The van der Waals surface area contributed by atoms with E-state index in [2.05, 4.69) is 35.8 Å². The molecule has 0 aliphatic rings. The van der Waals surface area contributed by atoms with Crippen LogP contribution in [0.1, 0.15) is 31.0 Å². The Kier molecular flexibility index (Phi) is 7.20. The number of carbonyl (C=O) groups excluding carboxylic acids is 2. The summed E-state index contributed by atoms with van der Waals surface area (Å²) in [7, 11) is 1.77. The van der Waals surface area contributed by atoms with Gasteiger partial charge in [-0.25, -0.2) is 0 Å². The molecule has 3 aromatic rings. The standard InChI is InChI=1S/C25H29N3O2/c1-4-19-10-6-8-15-23(19)27-25(30)17-28(3)16-24(29)26-18(2)21-14-9-12-20-11-5-7-13-22(20)21/h5-15,18H,4,16-17H2,1-3H3,(H,26,29)(H,27,30)/t18-/m1/s1. The van der Waals surface area contributed by atoms with Crippen LogP contribution in [-0.2, 0) is 16.0 Å². The summed E-state index contributed by atoms with van der Waals surface area (Å²) in [6, 6.07) is 21.9. The lowest BCUT2D eigenvalue weighted by molar-refractivity contribution is -0.123. The second-order valence-corrected chi connectivity index (χ2v) is 7.59. The van der Waals surface area contributed by atoms with Crippen LogP contribution in [0.25, 0.3) is 10.8 Å². The number of carbonyl (C=O) groups is 2. The van der Waals surface area contributed by atoms with E-state index < -0.39 is 0 Å². The average molecular weight is 404 g/mol. The van der Waals surface area contributed by atoms with Crippen LogP contribution in [0.5, 0.6) is 0 Å². The summed E-state index contributed by atoms with van der Waals surface area (Å²) in [5.41, 5.74) is 3.00. The fourth-order valence-electron chi connectivity index (χ4n) is 3.68. The first-order valence-corrected chi connectivity index (χ1v) is 10.3. The number of aryl methyl sites for hydroxylation is 1. The van der Waals surface area contributed by atoms with Crippen LogP contribution in [0.3, 0.4) is 0 Å². The summed E-state index contributed by atoms with van der Waals surface area (Å²) < 4.78 is 0. The summed E-state index contributed by atoms with van der Waals surface area (Å²) in [5.74, 6) is -0.243. The van der Waals surface area contributed by atoms with Gasteiger partial charge in [0.15, 0.2) is 0 Å². The monoisotopic (exact) mass is 403 g/mol. The highest BCUT2D eigenvalue weighted by Crippen LogP contribution is 2.24. The third-order valence-electron chi connectivity index (χ3n) is 5.17. The second kappa shape index (κ2) is 10.0. The van der Waals surface area contributed by atoms with Gasteiger partial charge in [0, 0.05) is 5.69 Å². The molecule has 0 spiro atoms. The number of para-hydroxylation sites is 1. The topological polar surface area (TPSA) is 61.4 Å². The van der Waals surface area contributed by atoms with Crippen molar-refractivity contribution in [1.29, 1.82) is 0 Å². The first-order chi connectivity index (χ1) is 14.5. The smallest absolute Gasteiger partial charge is 0.238 e. The van der Waals surface area contributed by atoms with Crippen molar-refractivity contribution in [3.8, 4) is 0 Å². The van der Waals surface area contributed by atoms with E-state index in [1.54, 1.807) is 11.9 Å². The number of anilines is 1. The normalized spacial score (nSPS) is 12.0. The first-order valence-electron chi connectivity index (χ1n) is 10.3. The van der Waals surface area contributed by atoms with Crippen molar-refractivity contribution in [2.45, 2.75) is 26.3 Å². The first kappa shape index (κ1) is 21.5. The molecule has 2 amide bonds. The molecule has 2 N–H and O–H groups in total. The number of hydrogen-bond acceptors (Lipinski definition) is 3. The minimum atomic E-state index is -0.131. The SMILES string of the molecule is CCc1ccccc1NC(=O)CN(C)CC(=O)N[C@H](C)c1cccc2ccccc12. The van der Waals surface area contributed by atoms with Gasteiger partial charge in [0.25, 0.3) is 0 Å². The summed E-state index contributed by atoms with van der Waals surface area (Å²) >= 11 is 0. The highest BCUT2D eigenvalue weighted by atomic mass is 16.2. The molecule has 0 saturated heterocycles. The number of nitrogens with zero attached hydrogens (tertiary/aromatic N) is 1. The molecule has 0 radical (unpaired) electrons. The van der Waals surface area contributed by atoms with Crippen molar-refractivity contribution in [1.82, 2.24) is 10.2 Å². The van der Waals surface area contributed by atoms with Gasteiger partial charge in [-0.05, 0) is 48.4 Å². The lowest BCUT2D eigenvalue weighted by Gasteiger charge is -2.20. The maximum absolute atomic E-state index is 12.5. The minimum Gasteiger partial charge on any atom is -0.348 e. The molecule has 0 aliphatic carbocycles. The zero-order valence-corrected chi connectivity index (χ0v) is 17.8. The number of likely N-dealkylation sites (N-methyl/N-ethyl adjacent to an activating group) is 1. The number of benzene rings is 3. The Balaban J connectivity index is 1.54. The van der Waals surface area contributed by atoms with Crippen LogP contribution in [0.15, 0.2) is 66.7 Å². The van der Waals surface area contributed by atoms with Crippen LogP contribution in [0, 0.1) is 0 Å². The van der Waals surface area contributed by atoms with E-state index in [-0.39, 0.29) is 30.9 Å². The fourth-order valence-corrected chi connectivity index (χ4v) is 3.68. The van der Waals surface area contributed by atoms with Gasteiger partial charge in [-0.2, -0.15) is 0 Å². The van der Waals surface area contributed by atoms with Crippen LogP contribution in [-0.4, -0.2) is 36.9 Å². The Bertz CT molecular complexity index is 1030. The number of fused-ring (bicyclic) bond motifs is 1. The molecule has 1 atom stereocenters. The molecule has 5 heteroatoms. The largest absolute Gasteiger partial charge is 0.348 e. The lowest BCUT2D eigenvalue weighted by atomic mass is 10.00. The molecule has 30 heavy (non-hydrogen) atoms. The Morgan fingerprint density at radius 2 is 1.57 bits per heavy atom. The van der Waals surface area contributed by atoms with E-state index in [1.165, 1.54) is 0 Å². The third kappa shape index (κ3) is 5.45. The molecule has 0 unspecified atom stereocenters. The molecule has 3 aromatic carbocycles. The van der Waals surface area contributed by atoms with E-state index in [1.807, 2.05) is 55.5 Å². The predicted octanol–water partition coefficient (Wildman–Crippen LogP) is 4.15. The molecule has 0 bridgehead atoms. The van der Waals surface area contributed by atoms with Crippen LogP contribution in [0.4, 0.5) is 5.69 Å². The van der Waals surface area contributed by atoms with Crippen molar-refractivity contribution in [3.05, 3.63) is 77.9 Å². The van der Waals surface area contributed by atoms with E-state index >= 15 is 0 Å². The number of rotatable bonds is 8. The maximum atomic E-state index is 12.5. The van der Waals surface area contributed by atoms with Crippen LogP contribution >= 0.6 is 0 Å². The van der Waals surface area contributed by atoms with Gasteiger partial charge in [0.05, 0.1) is 19.1 Å². The van der Waals surface area contributed by atoms with Crippen molar-refractivity contribution >= 4 is 28.3 Å². The quantitative estimate of drug-likeness (QED) is 0.594. The lowest BCUT2D eigenvalue weighted by Crippen LogP contribution is -2.39. The molecule has 0 aliphatic heterocycles. The Morgan fingerprint density at radius 3 is 2.37 bits per heavy atom. The molecule has 5 nitrogen and oxygen atoms in total. The third-order valence-corrected chi connectivity index (χ3v) is 5.17. The molecule has 0 aromatic heterocycles. The number of nitrogens with one attached hydrogen (secondary N) is 2. The molecule has 3 rings (SSSR count). The fraction of sp³-hybridized carbons (Fsp3) is 0.280. The van der Waals surface area contributed by atoms with Crippen molar-refractivity contribution in [2.75, 3.05) is 25.5 Å². The van der Waals surface area contributed by atoms with Crippen LogP contribution in [0.2, 0.25) is 0 Å². The summed E-state index contributed by atoms with van der Waals surface area (Å²) in [6.45, 7) is 4.33. The molecular formula is C25H29N3O2. The zero-order chi connectivity index (χ0) is 21.5. The van der Waals surface area contributed by atoms with Crippen molar-refractivity contribution in [2.24, 2.45) is 0 Å². The van der Waals surface area contributed by atoms with Gasteiger partial charge in [-0.3, -0.25) is 14.5 Å². The van der Waals surface area contributed by atoms with Crippen LogP contribution < -0.4 is 10.6 Å². The van der Waals surface area contributed by atoms with Gasteiger partial charge in [0.2, 0.25) is 11.8 Å². The van der Waals surface area contributed by atoms with Crippen molar-refractivity contribution in [3.63, 3.8) is 0 Å². The molecular weight excluding hydrogens is 374 g/mol. The molecule has 156 valence electrons. The number of amides is 2. The van der Waals surface area contributed by atoms with Crippen molar-refractivity contribution < 1.29 is 9.59 Å². The predicted molar refractivity (Wildman–Crippen MR) is 122 cm³/mol. The van der Waals surface area contributed by atoms with Gasteiger partial charge >= 0.3 is 0 Å². The zero-order valence-electron chi connectivity index (χ0n) is 17.8. The van der Waals surface area contributed by atoms with Gasteiger partial charge < -0.3 is 10.6 Å². The summed E-state index contributed by atoms with van der Waals surface area (Å²) in [6.07, 6.45) is 0.848.